The van der Waals surface area contributed by atoms with E-state index in [-0.39, 0.29) is 6.17 Å². The first-order valence-electron chi connectivity index (χ1n) is 2.77. The normalized spacial score (nSPS) is 16.0. The van der Waals surface area contributed by atoms with Crippen LogP contribution in [0.15, 0.2) is 34.8 Å². The van der Waals surface area contributed by atoms with Gasteiger partial charge in [-0.15, -0.1) is 0 Å². The molecule has 0 spiro atoms. The Morgan fingerprint density at radius 1 is 1.33 bits per heavy atom. The van der Waals surface area contributed by atoms with Gasteiger partial charge in [0.05, 0.1) is 0 Å². The van der Waals surface area contributed by atoms with Gasteiger partial charge >= 0.3 is 0 Å². The van der Waals surface area contributed by atoms with E-state index in [0.717, 1.165) is 5.56 Å². The zero-order valence-electron chi connectivity index (χ0n) is 4.73. The molecule has 0 fully saturated rings. The Morgan fingerprint density at radius 2 is 2.22 bits per heavy atom. The lowest BCUT2D eigenvalue weighted by Gasteiger charge is -1.87. The van der Waals surface area contributed by atoms with Gasteiger partial charge in [-0.3, -0.25) is 4.98 Å². The molecule has 2 rings (SSSR count). The van der Waals surface area contributed by atoms with Crippen molar-refractivity contribution in [2.45, 2.75) is 6.17 Å². The number of rotatable bonds is 1. The molecule has 0 bridgehead atoms. The van der Waals surface area contributed by atoms with Crippen LogP contribution in [0.4, 0.5) is 0 Å². The van der Waals surface area contributed by atoms with Gasteiger partial charge in [-0.05, 0) is 6.07 Å². The van der Waals surface area contributed by atoms with Crippen LogP contribution in [0.5, 0.6) is 0 Å². The van der Waals surface area contributed by atoms with Crippen LogP contribution in [0.1, 0.15) is 11.7 Å². The topological polar surface area (TPSA) is 37.6 Å². The number of hydrogen-bond acceptors (Lipinski definition) is 3. The summed E-state index contributed by atoms with van der Waals surface area (Å²) in [6, 6.07) is 3.86. The minimum absolute atomic E-state index is 0.0960. The molecule has 1 aliphatic heterocycles. The second kappa shape index (κ2) is 1.62. The van der Waals surface area contributed by atoms with Crippen LogP contribution in [0, 0.1) is 0 Å². The molecule has 44 valence electrons. The van der Waals surface area contributed by atoms with E-state index >= 15 is 0 Å². The van der Waals surface area contributed by atoms with Gasteiger partial charge in [0.25, 0.3) is 0 Å². The van der Waals surface area contributed by atoms with Gasteiger partial charge in [0, 0.05) is 18.0 Å². The lowest BCUT2D eigenvalue weighted by atomic mass is 10.3. The van der Waals surface area contributed by atoms with Crippen molar-refractivity contribution in [1.82, 2.24) is 4.98 Å². The predicted octanol–water partition coefficient (Wildman–Crippen LogP) is 1.55. The Morgan fingerprint density at radius 3 is 2.78 bits per heavy atom. The van der Waals surface area contributed by atoms with Gasteiger partial charge in [-0.1, -0.05) is 6.07 Å². The zero-order valence-corrected chi connectivity index (χ0v) is 4.73. The van der Waals surface area contributed by atoms with Gasteiger partial charge in [-0.2, -0.15) is 10.2 Å². The highest BCUT2D eigenvalue weighted by atomic mass is 15.4. The molecule has 0 unspecified atom stereocenters. The van der Waals surface area contributed by atoms with Crippen molar-refractivity contribution >= 4 is 0 Å². The van der Waals surface area contributed by atoms with Crippen LogP contribution < -0.4 is 0 Å². The molecule has 9 heavy (non-hydrogen) atoms. The van der Waals surface area contributed by atoms with Gasteiger partial charge in [0.1, 0.15) is 0 Å². The van der Waals surface area contributed by atoms with E-state index in [0.29, 0.717) is 0 Å². The monoisotopic (exact) mass is 119 g/mol. The second-order valence-corrected chi connectivity index (χ2v) is 1.89. The maximum Gasteiger partial charge on any atom is 0.207 e. The SMILES string of the molecule is c1cncc(C2N=N2)c1. The van der Waals surface area contributed by atoms with Crippen molar-refractivity contribution in [3.05, 3.63) is 30.1 Å². The minimum Gasteiger partial charge on any atom is -0.264 e. The summed E-state index contributed by atoms with van der Waals surface area (Å²) in [6.07, 6.45) is 3.62. The summed E-state index contributed by atoms with van der Waals surface area (Å²) >= 11 is 0. The molecule has 0 atom stereocenters. The molecule has 1 aromatic heterocycles. The second-order valence-electron chi connectivity index (χ2n) is 1.89. The van der Waals surface area contributed by atoms with Crippen LogP contribution >= 0.6 is 0 Å². The van der Waals surface area contributed by atoms with Crippen molar-refractivity contribution in [2.75, 3.05) is 0 Å². The Bertz CT molecular complexity index is 223. The number of hydrogen-bond donors (Lipinski definition) is 0. The lowest BCUT2D eigenvalue weighted by Crippen LogP contribution is -1.78. The maximum atomic E-state index is 3.93. The average Bonchev–Trinajstić information content (AvgIpc) is 2.71. The molecule has 0 saturated heterocycles. The van der Waals surface area contributed by atoms with Crippen molar-refractivity contribution < 1.29 is 0 Å². The number of aromatic nitrogens is 1. The molecule has 0 saturated carbocycles. The third-order valence-corrected chi connectivity index (χ3v) is 1.21. The first kappa shape index (κ1) is 4.61. The highest BCUT2D eigenvalue weighted by Crippen LogP contribution is 2.29. The highest BCUT2D eigenvalue weighted by molar-refractivity contribution is 5.15. The van der Waals surface area contributed by atoms with Crippen LogP contribution in [0.25, 0.3) is 0 Å². The van der Waals surface area contributed by atoms with E-state index in [2.05, 4.69) is 15.2 Å². The summed E-state index contributed by atoms with van der Waals surface area (Å²) < 4.78 is 0. The molecular formula is C6H5N3. The Labute approximate surface area is 52.5 Å². The van der Waals surface area contributed by atoms with Crippen molar-refractivity contribution in [2.24, 2.45) is 10.2 Å². The largest absolute Gasteiger partial charge is 0.264 e. The minimum atomic E-state index is 0.0960. The summed E-state index contributed by atoms with van der Waals surface area (Å²) in [7, 11) is 0. The maximum absolute atomic E-state index is 3.93. The molecule has 0 amide bonds. The van der Waals surface area contributed by atoms with E-state index in [9.17, 15) is 0 Å². The molecule has 0 N–H and O–H groups in total. The molecule has 3 heteroatoms. The van der Waals surface area contributed by atoms with Gasteiger partial charge in [0.15, 0.2) is 0 Å². The summed E-state index contributed by atoms with van der Waals surface area (Å²) in [5.74, 6) is 0. The Balaban J connectivity index is 2.30. The fourth-order valence-electron chi connectivity index (χ4n) is 0.695. The zero-order chi connectivity index (χ0) is 6.10. The lowest BCUT2D eigenvalue weighted by molar-refractivity contribution is 1.03. The van der Waals surface area contributed by atoms with Gasteiger partial charge in [0.2, 0.25) is 6.17 Å². The van der Waals surface area contributed by atoms with Crippen molar-refractivity contribution in [3.8, 4) is 0 Å². The van der Waals surface area contributed by atoms with E-state index in [1.54, 1.807) is 12.4 Å². The molecule has 3 nitrogen and oxygen atoms in total. The summed E-state index contributed by atoms with van der Waals surface area (Å²) in [5, 5.41) is 7.52. The fraction of sp³-hybridized carbons (Fsp3) is 0.167. The van der Waals surface area contributed by atoms with Crippen molar-refractivity contribution in [1.29, 1.82) is 0 Å². The molecule has 1 aliphatic rings. The Hall–Kier alpha value is -1.25. The molecule has 2 heterocycles. The van der Waals surface area contributed by atoms with Crippen LogP contribution in [0.2, 0.25) is 0 Å². The van der Waals surface area contributed by atoms with E-state index < -0.39 is 0 Å². The Kier molecular flexibility index (Phi) is 0.828. The molecule has 1 aromatic rings. The van der Waals surface area contributed by atoms with E-state index in [4.69, 9.17) is 0 Å². The standard InChI is InChI=1S/C6H5N3/c1-2-5(4-7-3-1)6-8-9-6/h1-4,6H. The summed E-state index contributed by atoms with van der Waals surface area (Å²) in [5.41, 5.74) is 1.08. The van der Waals surface area contributed by atoms with Crippen LogP contribution in [-0.2, 0) is 0 Å². The quantitative estimate of drug-likeness (QED) is 0.552. The van der Waals surface area contributed by atoms with E-state index in [1.807, 2.05) is 12.1 Å². The summed E-state index contributed by atoms with van der Waals surface area (Å²) in [4.78, 5) is 3.93. The average molecular weight is 119 g/mol. The predicted molar refractivity (Wildman–Crippen MR) is 31.8 cm³/mol. The molecular weight excluding hydrogens is 114 g/mol. The first-order valence-corrected chi connectivity index (χ1v) is 2.77. The molecule has 0 aromatic carbocycles. The van der Waals surface area contributed by atoms with Gasteiger partial charge < -0.3 is 0 Å². The number of pyridine rings is 1. The van der Waals surface area contributed by atoms with Crippen molar-refractivity contribution in [3.63, 3.8) is 0 Å². The molecule has 0 radical (unpaired) electrons. The van der Waals surface area contributed by atoms with E-state index in [1.165, 1.54) is 0 Å². The smallest absolute Gasteiger partial charge is 0.207 e. The van der Waals surface area contributed by atoms with Gasteiger partial charge in [-0.25, -0.2) is 0 Å². The molecule has 0 aliphatic carbocycles. The summed E-state index contributed by atoms with van der Waals surface area (Å²) in [6.45, 7) is 0. The third kappa shape index (κ3) is 0.806. The highest BCUT2D eigenvalue weighted by Gasteiger charge is 2.17. The van der Waals surface area contributed by atoms with Crippen LogP contribution in [0.3, 0.4) is 0 Å². The fourth-order valence-corrected chi connectivity index (χ4v) is 0.695. The third-order valence-electron chi connectivity index (χ3n) is 1.21. The van der Waals surface area contributed by atoms with Crippen LogP contribution in [-0.4, -0.2) is 4.98 Å². The first-order chi connectivity index (χ1) is 4.47. The number of nitrogens with zero attached hydrogens (tertiary/aromatic N) is 3.